The lowest BCUT2D eigenvalue weighted by Gasteiger charge is -2.38. The third kappa shape index (κ3) is 5.48. The van der Waals surface area contributed by atoms with Crippen LogP contribution in [0.3, 0.4) is 0 Å². The van der Waals surface area contributed by atoms with Crippen molar-refractivity contribution in [1.29, 1.82) is 0 Å². The minimum Gasteiger partial charge on any atom is -0.390 e. The summed E-state index contributed by atoms with van der Waals surface area (Å²) in [5.41, 5.74) is 4.09. The number of benzene rings is 1. The van der Waals surface area contributed by atoms with Gasteiger partial charge in [-0.25, -0.2) is 0 Å². The quantitative estimate of drug-likeness (QED) is 0.702. The van der Waals surface area contributed by atoms with Gasteiger partial charge in [0.1, 0.15) is 5.69 Å². The number of rotatable bonds is 7. The van der Waals surface area contributed by atoms with E-state index in [4.69, 9.17) is 0 Å². The van der Waals surface area contributed by atoms with Crippen LogP contribution >= 0.6 is 0 Å². The Hall–Kier alpha value is -2.77. The number of carbonyl (C=O) groups is 2. The fraction of sp³-hybridized carbons (Fsp3) is 0.458. The van der Waals surface area contributed by atoms with E-state index in [2.05, 4.69) is 33.4 Å². The molecule has 7 heteroatoms. The Labute approximate surface area is 183 Å². The lowest BCUT2D eigenvalue weighted by molar-refractivity contribution is -0.134. The highest BCUT2D eigenvalue weighted by molar-refractivity contribution is 5.92. The number of amides is 2. The number of nitrogens with zero attached hydrogens (tertiary/aromatic N) is 3. The predicted molar refractivity (Wildman–Crippen MR) is 117 cm³/mol. The van der Waals surface area contributed by atoms with Crippen molar-refractivity contribution in [1.82, 2.24) is 20.1 Å². The zero-order chi connectivity index (χ0) is 21.8. The van der Waals surface area contributed by atoms with Gasteiger partial charge >= 0.3 is 0 Å². The summed E-state index contributed by atoms with van der Waals surface area (Å²) < 4.78 is 0. The molecule has 4 rings (SSSR count). The number of pyridine rings is 1. The molecule has 0 aliphatic carbocycles. The van der Waals surface area contributed by atoms with Crippen molar-refractivity contribution in [2.24, 2.45) is 5.92 Å². The first kappa shape index (κ1) is 21.5. The molecule has 2 aliphatic rings. The largest absolute Gasteiger partial charge is 0.390 e. The molecule has 31 heavy (non-hydrogen) atoms. The first-order valence-corrected chi connectivity index (χ1v) is 10.9. The van der Waals surface area contributed by atoms with E-state index in [1.807, 2.05) is 17.0 Å². The van der Waals surface area contributed by atoms with E-state index in [1.54, 1.807) is 19.2 Å². The van der Waals surface area contributed by atoms with Crippen molar-refractivity contribution < 1.29 is 14.7 Å². The third-order valence-corrected chi connectivity index (χ3v) is 6.16. The highest BCUT2D eigenvalue weighted by Crippen LogP contribution is 2.21. The van der Waals surface area contributed by atoms with E-state index in [0.717, 1.165) is 44.6 Å². The van der Waals surface area contributed by atoms with Crippen LogP contribution < -0.4 is 5.32 Å². The van der Waals surface area contributed by atoms with Crippen LogP contribution in [-0.2, 0) is 24.2 Å². The SMILES string of the molecule is CC(=O)N1CC(Cc2ccnc(C(=O)NC[C@H](O)CN3CCc4ccccc4C3)c2)C1. The van der Waals surface area contributed by atoms with Gasteiger partial charge in [-0.05, 0) is 47.6 Å². The molecule has 3 heterocycles. The summed E-state index contributed by atoms with van der Waals surface area (Å²) in [5.74, 6) is 0.265. The maximum atomic E-state index is 12.5. The van der Waals surface area contributed by atoms with Crippen LogP contribution in [-0.4, -0.2) is 70.5 Å². The molecule has 0 bridgehead atoms. The van der Waals surface area contributed by atoms with E-state index in [0.29, 0.717) is 18.2 Å². The summed E-state index contributed by atoms with van der Waals surface area (Å²) in [6.07, 6.45) is 2.82. The number of aliphatic hydroxyl groups excluding tert-OH is 1. The lowest BCUT2D eigenvalue weighted by Crippen LogP contribution is -2.49. The number of hydrogen-bond acceptors (Lipinski definition) is 5. The first-order valence-electron chi connectivity index (χ1n) is 10.9. The van der Waals surface area contributed by atoms with Crippen LogP contribution in [0.1, 0.15) is 34.1 Å². The average Bonchev–Trinajstić information content (AvgIpc) is 2.74. The van der Waals surface area contributed by atoms with E-state index in [-0.39, 0.29) is 18.4 Å². The van der Waals surface area contributed by atoms with Gasteiger partial charge in [0, 0.05) is 52.4 Å². The second kappa shape index (κ2) is 9.58. The van der Waals surface area contributed by atoms with Crippen LogP contribution in [0.5, 0.6) is 0 Å². The number of nitrogens with one attached hydrogen (secondary N) is 1. The predicted octanol–water partition coefficient (Wildman–Crippen LogP) is 1.25. The van der Waals surface area contributed by atoms with Crippen LogP contribution in [0, 0.1) is 5.92 Å². The van der Waals surface area contributed by atoms with Gasteiger partial charge in [0.2, 0.25) is 5.91 Å². The van der Waals surface area contributed by atoms with E-state index in [1.165, 1.54) is 11.1 Å². The van der Waals surface area contributed by atoms with Crippen molar-refractivity contribution in [2.75, 3.05) is 32.7 Å². The van der Waals surface area contributed by atoms with Crippen LogP contribution in [0.2, 0.25) is 0 Å². The molecule has 0 unspecified atom stereocenters. The van der Waals surface area contributed by atoms with Crippen molar-refractivity contribution in [3.05, 3.63) is 65.0 Å². The molecule has 2 aromatic rings. The Balaban J connectivity index is 1.23. The highest BCUT2D eigenvalue weighted by Gasteiger charge is 2.28. The molecule has 0 spiro atoms. The highest BCUT2D eigenvalue weighted by atomic mass is 16.3. The number of fused-ring (bicyclic) bond motifs is 1. The molecule has 0 saturated carbocycles. The second-order valence-corrected chi connectivity index (χ2v) is 8.66. The molecular weight excluding hydrogens is 392 g/mol. The third-order valence-electron chi connectivity index (χ3n) is 6.16. The normalized spacial score (nSPS) is 17.5. The molecule has 7 nitrogen and oxygen atoms in total. The summed E-state index contributed by atoms with van der Waals surface area (Å²) in [4.78, 5) is 32.1. The van der Waals surface area contributed by atoms with Gasteiger partial charge in [0.15, 0.2) is 0 Å². The molecule has 2 amide bonds. The van der Waals surface area contributed by atoms with Gasteiger partial charge in [-0.15, -0.1) is 0 Å². The fourth-order valence-corrected chi connectivity index (χ4v) is 4.39. The van der Waals surface area contributed by atoms with Crippen LogP contribution in [0.4, 0.5) is 0 Å². The molecule has 0 radical (unpaired) electrons. The van der Waals surface area contributed by atoms with Crippen LogP contribution in [0.25, 0.3) is 0 Å². The van der Waals surface area contributed by atoms with Gasteiger partial charge in [0.25, 0.3) is 5.91 Å². The summed E-state index contributed by atoms with van der Waals surface area (Å²) in [7, 11) is 0. The Morgan fingerprint density at radius 1 is 1.23 bits per heavy atom. The molecule has 1 saturated heterocycles. The summed E-state index contributed by atoms with van der Waals surface area (Å²) in [5, 5.41) is 13.2. The van der Waals surface area contributed by atoms with Crippen molar-refractivity contribution in [3.8, 4) is 0 Å². The standard InChI is InChI=1S/C24H30N4O3/c1-17(29)28-13-19(14-28)10-18-6-8-25-23(11-18)24(31)26-12-22(30)16-27-9-7-20-4-2-3-5-21(20)15-27/h2-6,8,11,19,22,30H,7,9-10,12-16H2,1H3,(H,26,31)/t22-/m0/s1. The minimum atomic E-state index is -0.634. The second-order valence-electron chi connectivity index (χ2n) is 8.66. The van der Waals surface area contributed by atoms with Crippen molar-refractivity contribution in [2.45, 2.75) is 32.4 Å². The van der Waals surface area contributed by atoms with Gasteiger partial charge in [-0.1, -0.05) is 24.3 Å². The van der Waals surface area contributed by atoms with Crippen molar-refractivity contribution in [3.63, 3.8) is 0 Å². The first-order chi connectivity index (χ1) is 15.0. The van der Waals surface area contributed by atoms with Gasteiger partial charge in [0.05, 0.1) is 6.10 Å². The number of hydrogen-bond donors (Lipinski definition) is 2. The lowest BCUT2D eigenvalue weighted by atomic mass is 9.92. The smallest absolute Gasteiger partial charge is 0.269 e. The number of aromatic nitrogens is 1. The molecule has 1 atom stereocenters. The Morgan fingerprint density at radius 3 is 2.77 bits per heavy atom. The molecule has 2 aliphatic heterocycles. The number of likely N-dealkylation sites (tertiary alicyclic amines) is 1. The Kier molecular flexibility index (Phi) is 6.63. The van der Waals surface area contributed by atoms with Gasteiger partial charge in [-0.2, -0.15) is 0 Å². The van der Waals surface area contributed by atoms with Crippen LogP contribution in [0.15, 0.2) is 42.6 Å². The average molecular weight is 423 g/mol. The van der Waals surface area contributed by atoms with E-state index < -0.39 is 6.10 Å². The molecule has 1 aromatic carbocycles. The summed E-state index contributed by atoms with van der Waals surface area (Å²) >= 11 is 0. The zero-order valence-corrected chi connectivity index (χ0v) is 18.0. The van der Waals surface area contributed by atoms with E-state index in [9.17, 15) is 14.7 Å². The summed E-state index contributed by atoms with van der Waals surface area (Å²) in [6.45, 7) is 5.58. The number of carbonyl (C=O) groups excluding carboxylic acids is 2. The minimum absolute atomic E-state index is 0.110. The molecular formula is C24H30N4O3. The molecule has 1 fully saturated rings. The van der Waals surface area contributed by atoms with Gasteiger partial charge < -0.3 is 15.3 Å². The van der Waals surface area contributed by atoms with E-state index >= 15 is 0 Å². The maximum Gasteiger partial charge on any atom is 0.269 e. The Bertz CT molecular complexity index is 942. The zero-order valence-electron chi connectivity index (χ0n) is 18.0. The fourth-order valence-electron chi connectivity index (χ4n) is 4.39. The number of aliphatic hydroxyl groups is 1. The Morgan fingerprint density at radius 2 is 2.00 bits per heavy atom. The molecule has 2 N–H and O–H groups in total. The van der Waals surface area contributed by atoms with Gasteiger partial charge in [-0.3, -0.25) is 19.5 Å². The van der Waals surface area contributed by atoms with Crippen molar-refractivity contribution >= 4 is 11.8 Å². The molecule has 1 aromatic heterocycles. The molecule has 164 valence electrons. The summed E-state index contributed by atoms with van der Waals surface area (Å²) in [6, 6.07) is 12.1. The maximum absolute atomic E-state index is 12.5. The number of β-amino-alcohol motifs (C(OH)–C–C–N with tert-alkyl or cyclic N) is 1. The topological polar surface area (TPSA) is 85.8 Å². The monoisotopic (exact) mass is 422 g/mol.